The van der Waals surface area contributed by atoms with E-state index in [0.29, 0.717) is 5.69 Å². The van der Waals surface area contributed by atoms with Crippen LogP contribution in [-0.2, 0) is 15.6 Å². The van der Waals surface area contributed by atoms with E-state index in [-0.39, 0.29) is 29.1 Å². The number of sulfonamides is 1. The van der Waals surface area contributed by atoms with Gasteiger partial charge in [-0.15, -0.1) is 0 Å². The second-order valence-electron chi connectivity index (χ2n) is 9.01. The van der Waals surface area contributed by atoms with Gasteiger partial charge in [-0.2, -0.15) is 9.82 Å². The Hall–Kier alpha value is -2.10. The van der Waals surface area contributed by atoms with Crippen LogP contribution in [0.3, 0.4) is 0 Å². The first-order valence-corrected chi connectivity index (χ1v) is 11.4. The van der Waals surface area contributed by atoms with Crippen molar-refractivity contribution in [1.29, 1.82) is 0 Å². The first-order valence-electron chi connectivity index (χ1n) is 9.95. The number of hydrogen-bond acceptors (Lipinski definition) is 6. The Balaban J connectivity index is 1.69. The predicted molar refractivity (Wildman–Crippen MR) is 113 cm³/mol. The van der Waals surface area contributed by atoms with Gasteiger partial charge >= 0.3 is 0 Å². The molecule has 2 aliphatic rings. The van der Waals surface area contributed by atoms with Crippen molar-refractivity contribution in [2.45, 2.75) is 62.5 Å². The molecule has 1 aromatic heterocycles. The molecule has 29 heavy (non-hydrogen) atoms. The highest BCUT2D eigenvalue weighted by atomic mass is 32.2. The van der Waals surface area contributed by atoms with Crippen LogP contribution in [0.4, 0.5) is 17.2 Å². The molecule has 2 aromatic rings. The lowest BCUT2D eigenvalue weighted by Gasteiger charge is -2.28. The zero-order valence-corrected chi connectivity index (χ0v) is 18.1. The molecule has 8 nitrogen and oxygen atoms in total. The van der Waals surface area contributed by atoms with E-state index in [9.17, 15) is 13.5 Å². The maximum Gasteiger partial charge on any atom is 0.244 e. The zero-order valence-electron chi connectivity index (χ0n) is 17.3. The molecule has 0 spiro atoms. The van der Waals surface area contributed by atoms with Gasteiger partial charge in [-0.25, -0.2) is 13.1 Å². The largest absolute Gasteiger partial charge is 0.393 e. The van der Waals surface area contributed by atoms with Gasteiger partial charge in [-0.05, 0) is 58.2 Å². The molecule has 0 radical (unpaired) electrons. The Labute approximate surface area is 172 Å². The zero-order chi connectivity index (χ0) is 21.0. The molecule has 4 rings (SSSR count). The van der Waals surface area contributed by atoms with Gasteiger partial charge < -0.3 is 15.3 Å². The van der Waals surface area contributed by atoms with Crippen LogP contribution in [0.15, 0.2) is 29.2 Å². The van der Waals surface area contributed by atoms with Crippen molar-refractivity contribution in [3.8, 4) is 0 Å². The van der Waals surface area contributed by atoms with Gasteiger partial charge in [0.25, 0.3) is 0 Å². The molecule has 0 bridgehead atoms. The Bertz CT molecular complexity index is 1030. The number of aliphatic hydroxyl groups is 1. The third-order valence-corrected chi connectivity index (χ3v) is 7.04. The van der Waals surface area contributed by atoms with E-state index in [1.54, 1.807) is 12.1 Å². The van der Waals surface area contributed by atoms with Crippen LogP contribution in [-0.4, -0.2) is 43.1 Å². The summed E-state index contributed by atoms with van der Waals surface area (Å²) in [7, 11) is -1.61. The molecule has 1 aliphatic heterocycles. The Morgan fingerprint density at radius 1 is 1.24 bits per heavy atom. The van der Waals surface area contributed by atoms with E-state index in [0.717, 1.165) is 36.5 Å². The molecule has 0 saturated heterocycles. The molecule has 3 N–H and O–H groups in total. The Morgan fingerprint density at radius 3 is 2.66 bits per heavy atom. The summed E-state index contributed by atoms with van der Waals surface area (Å²) in [6.07, 6.45) is 2.25. The summed E-state index contributed by atoms with van der Waals surface area (Å²) < 4.78 is 29.0. The number of fused-ring (bicyclic) bond motifs is 1. The van der Waals surface area contributed by atoms with Crippen LogP contribution in [0.2, 0.25) is 0 Å². The van der Waals surface area contributed by atoms with Gasteiger partial charge in [0.05, 0.1) is 29.7 Å². The van der Waals surface area contributed by atoms with Crippen molar-refractivity contribution < 1.29 is 13.5 Å². The molecule has 9 heteroatoms. The Morgan fingerprint density at radius 2 is 2.00 bits per heavy atom. The smallest absolute Gasteiger partial charge is 0.244 e. The maximum absolute atomic E-state index is 12.3. The van der Waals surface area contributed by atoms with Crippen LogP contribution >= 0.6 is 0 Å². The predicted octanol–water partition coefficient (Wildman–Crippen LogP) is 2.70. The second kappa shape index (κ2) is 7.00. The number of aliphatic hydroxyl groups excluding tert-OH is 1. The molecule has 2 atom stereocenters. The average Bonchev–Trinajstić information content (AvgIpc) is 3.24. The highest BCUT2D eigenvalue weighted by Crippen LogP contribution is 2.37. The summed E-state index contributed by atoms with van der Waals surface area (Å²) in [5, 5.41) is 18.2. The fourth-order valence-electron chi connectivity index (χ4n) is 4.04. The minimum absolute atomic E-state index is 0.226. The normalized spacial score (nSPS) is 23.8. The van der Waals surface area contributed by atoms with Crippen LogP contribution in [0, 0.1) is 0 Å². The van der Waals surface area contributed by atoms with Crippen LogP contribution in [0.25, 0.3) is 0 Å². The highest BCUT2D eigenvalue weighted by Gasteiger charge is 2.30. The van der Waals surface area contributed by atoms with Gasteiger partial charge in [0.2, 0.25) is 10.0 Å². The minimum atomic E-state index is -3.47. The van der Waals surface area contributed by atoms with Crippen LogP contribution in [0.1, 0.15) is 51.6 Å². The molecule has 2 heterocycles. The lowest BCUT2D eigenvalue weighted by Crippen LogP contribution is -2.40. The van der Waals surface area contributed by atoms with Gasteiger partial charge in [0.1, 0.15) is 10.7 Å². The molecule has 1 aromatic carbocycles. The minimum Gasteiger partial charge on any atom is -0.393 e. The topological polar surface area (TPSA) is 99.5 Å². The van der Waals surface area contributed by atoms with Gasteiger partial charge in [0, 0.05) is 24.7 Å². The highest BCUT2D eigenvalue weighted by molar-refractivity contribution is 7.89. The lowest BCUT2D eigenvalue weighted by atomic mass is 10.0. The van der Waals surface area contributed by atoms with Crippen molar-refractivity contribution in [3.63, 3.8) is 0 Å². The molecule has 1 saturated carbocycles. The van der Waals surface area contributed by atoms with E-state index in [2.05, 4.69) is 36.9 Å². The average molecular weight is 420 g/mol. The van der Waals surface area contributed by atoms with E-state index in [4.69, 9.17) is 5.10 Å². The summed E-state index contributed by atoms with van der Waals surface area (Å²) in [5.74, 6) is 1.12. The summed E-state index contributed by atoms with van der Waals surface area (Å²) in [5.41, 5.74) is 2.22. The van der Waals surface area contributed by atoms with Gasteiger partial charge in [0.15, 0.2) is 0 Å². The van der Waals surface area contributed by atoms with Gasteiger partial charge in [-0.1, -0.05) is 0 Å². The third kappa shape index (κ3) is 3.86. The standard InChI is InChI=1S/C20H29N5O3S/c1-20(2,3)25-19(11-16(23-25)13-5-7-15(26)9-13)22-14-6-8-18-17(10-14)24(4)12-21-29(18,27)28/h6,8,10-11,13,15,21-22,26H,5,7,9,12H2,1-4H3/t13-,15+/m0/s1. The Kier molecular flexibility index (Phi) is 4.87. The summed E-state index contributed by atoms with van der Waals surface area (Å²) >= 11 is 0. The number of hydrogen-bond donors (Lipinski definition) is 3. The lowest BCUT2D eigenvalue weighted by molar-refractivity contribution is 0.181. The number of benzene rings is 1. The molecule has 0 amide bonds. The molecule has 158 valence electrons. The van der Waals surface area contributed by atoms with Crippen LogP contribution in [0.5, 0.6) is 0 Å². The summed E-state index contributed by atoms with van der Waals surface area (Å²) in [6, 6.07) is 7.31. The summed E-state index contributed by atoms with van der Waals surface area (Å²) in [6.45, 7) is 6.53. The first kappa shape index (κ1) is 20.2. The third-order valence-electron chi connectivity index (χ3n) is 5.61. The van der Waals surface area contributed by atoms with Crippen molar-refractivity contribution in [2.75, 3.05) is 23.9 Å². The molecule has 1 fully saturated rings. The fraction of sp³-hybridized carbons (Fsp3) is 0.550. The first-order chi connectivity index (χ1) is 13.5. The van der Waals surface area contributed by atoms with E-state index >= 15 is 0 Å². The van der Waals surface area contributed by atoms with E-state index < -0.39 is 10.0 Å². The molecule has 1 aliphatic carbocycles. The van der Waals surface area contributed by atoms with Crippen molar-refractivity contribution in [2.24, 2.45) is 0 Å². The summed E-state index contributed by atoms with van der Waals surface area (Å²) in [4.78, 5) is 2.15. The maximum atomic E-state index is 12.3. The SMILES string of the molecule is CN1CNS(=O)(=O)c2ccc(Nc3cc([C@H]4CC[C@@H](O)C4)nn3C(C)(C)C)cc21. The molecular weight excluding hydrogens is 390 g/mol. The number of aromatic nitrogens is 2. The molecule has 0 unspecified atom stereocenters. The number of nitrogens with one attached hydrogen (secondary N) is 2. The van der Waals surface area contributed by atoms with Gasteiger partial charge in [-0.3, -0.25) is 0 Å². The van der Waals surface area contributed by atoms with E-state index in [1.807, 2.05) is 22.7 Å². The van der Waals surface area contributed by atoms with E-state index in [1.165, 1.54) is 0 Å². The number of anilines is 3. The fourth-order valence-corrected chi connectivity index (χ4v) is 5.30. The van der Waals surface area contributed by atoms with Crippen LogP contribution < -0.4 is 14.9 Å². The molecular formula is C20H29N5O3S. The van der Waals surface area contributed by atoms with Crippen molar-refractivity contribution in [1.82, 2.24) is 14.5 Å². The number of rotatable bonds is 3. The van der Waals surface area contributed by atoms with Crippen molar-refractivity contribution in [3.05, 3.63) is 30.0 Å². The monoisotopic (exact) mass is 419 g/mol. The van der Waals surface area contributed by atoms with Crippen molar-refractivity contribution >= 4 is 27.2 Å². The second-order valence-corrected chi connectivity index (χ2v) is 10.7. The quantitative estimate of drug-likeness (QED) is 0.707. The number of nitrogens with zero attached hydrogens (tertiary/aromatic N) is 3.